The maximum Gasteiger partial charge on any atom is 0.312 e. The van der Waals surface area contributed by atoms with E-state index in [1.165, 1.54) is 0 Å². The summed E-state index contributed by atoms with van der Waals surface area (Å²) in [6.45, 7) is 4.18. The first-order valence-corrected chi connectivity index (χ1v) is 5.57. The third-order valence-electron chi connectivity index (χ3n) is 2.22. The van der Waals surface area contributed by atoms with Crippen molar-refractivity contribution in [3.8, 4) is 0 Å². The Labute approximate surface area is 96.1 Å². The van der Waals surface area contributed by atoms with Gasteiger partial charge in [-0.05, 0) is 13.3 Å². The molecule has 0 aliphatic carbocycles. The van der Waals surface area contributed by atoms with Crippen molar-refractivity contribution >= 4 is 11.9 Å². The van der Waals surface area contributed by atoms with Crippen molar-refractivity contribution in [2.24, 2.45) is 11.5 Å². The van der Waals surface area contributed by atoms with E-state index in [4.69, 9.17) is 11.5 Å². The van der Waals surface area contributed by atoms with Gasteiger partial charge in [-0.2, -0.15) is 0 Å². The van der Waals surface area contributed by atoms with Gasteiger partial charge in [-0.3, -0.25) is 4.79 Å². The third-order valence-corrected chi connectivity index (χ3v) is 2.22. The van der Waals surface area contributed by atoms with Crippen molar-refractivity contribution in [3.05, 3.63) is 0 Å². The molecule has 3 amide bonds. The second-order valence-electron chi connectivity index (χ2n) is 3.85. The Morgan fingerprint density at radius 1 is 1.31 bits per heavy atom. The van der Waals surface area contributed by atoms with Gasteiger partial charge in [-0.1, -0.05) is 19.8 Å². The summed E-state index contributed by atoms with van der Waals surface area (Å²) in [5.74, 6) is -0.231. The van der Waals surface area contributed by atoms with Crippen LogP contribution in [-0.4, -0.2) is 30.6 Å². The van der Waals surface area contributed by atoms with Crippen molar-refractivity contribution in [2.75, 3.05) is 6.54 Å². The van der Waals surface area contributed by atoms with E-state index >= 15 is 0 Å². The molecule has 1 unspecified atom stereocenters. The predicted octanol–water partition coefficient (Wildman–Crippen LogP) is -0.323. The summed E-state index contributed by atoms with van der Waals surface area (Å²) in [5, 5.41) is 5.14. The van der Waals surface area contributed by atoms with Crippen molar-refractivity contribution in [3.63, 3.8) is 0 Å². The van der Waals surface area contributed by atoms with E-state index in [0.717, 1.165) is 12.8 Å². The summed E-state index contributed by atoms with van der Waals surface area (Å²) >= 11 is 0. The van der Waals surface area contributed by atoms with Crippen LogP contribution in [0.5, 0.6) is 0 Å². The Balaban J connectivity index is 4.25. The lowest BCUT2D eigenvalue weighted by Crippen LogP contribution is -2.51. The Hall–Kier alpha value is -1.30. The van der Waals surface area contributed by atoms with Crippen LogP contribution in [0, 0.1) is 0 Å². The van der Waals surface area contributed by atoms with Gasteiger partial charge in [0, 0.05) is 12.6 Å². The Bertz CT molecular complexity index is 233. The number of amides is 3. The first kappa shape index (κ1) is 14.7. The van der Waals surface area contributed by atoms with Crippen molar-refractivity contribution in [1.29, 1.82) is 0 Å². The fourth-order valence-corrected chi connectivity index (χ4v) is 1.25. The molecule has 0 aliphatic heterocycles. The molecule has 6 nitrogen and oxygen atoms in total. The van der Waals surface area contributed by atoms with Gasteiger partial charge in [0.2, 0.25) is 5.91 Å². The van der Waals surface area contributed by atoms with E-state index < -0.39 is 12.1 Å². The lowest BCUT2D eigenvalue weighted by molar-refractivity contribution is -0.123. The molecule has 0 bridgehead atoms. The molecule has 6 heteroatoms. The summed E-state index contributed by atoms with van der Waals surface area (Å²) in [4.78, 5) is 22.5. The second kappa shape index (κ2) is 7.92. The van der Waals surface area contributed by atoms with Gasteiger partial charge in [0.1, 0.15) is 6.04 Å². The normalized spacial score (nSPS) is 13.9. The highest BCUT2D eigenvalue weighted by atomic mass is 16.2. The minimum Gasteiger partial charge on any atom is -0.352 e. The zero-order valence-corrected chi connectivity index (χ0v) is 9.95. The zero-order chi connectivity index (χ0) is 12.6. The van der Waals surface area contributed by atoms with Crippen LogP contribution < -0.4 is 22.1 Å². The fraction of sp³-hybridized carbons (Fsp3) is 0.800. The summed E-state index contributed by atoms with van der Waals surface area (Å²) in [5.41, 5.74) is 10.4. The molecule has 94 valence electrons. The molecule has 0 heterocycles. The molecule has 6 N–H and O–H groups in total. The molecular weight excluding hydrogens is 208 g/mol. The lowest BCUT2D eigenvalue weighted by atomic mass is 10.1. The number of urea groups is 1. The lowest BCUT2D eigenvalue weighted by Gasteiger charge is -2.19. The number of unbranched alkanes of at least 4 members (excludes halogenated alkanes) is 1. The van der Waals surface area contributed by atoms with E-state index in [9.17, 15) is 9.59 Å². The quantitative estimate of drug-likeness (QED) is 0.481. The molecule has 0 aromatic carbocycles. The van der Waals surface area contributed by atoms with Crippen LogP contribution in [0.25, 0.3) is 0 Å². The van der Waals surface area contributed by atoms with Crippen molar-refractivity contribution in [1.82, 2.24) is 10.6 Å². The number of carbonyl (C=O) groups is 2. The van der Waals surface area contributed by atoms with Crippen LogP contribution in [0.1, 0.15) is 33.1 Å². The van der Waals surface area contributed by atoms with Crippen LogP contribution in [0.4, 0.5) is 4.79 Å². The van der Waals surface area contributed by atoms with E-state index in [1.807, 2.05) is 6.92 Å². The van der Waals surface area contributed by atoms with Crippen LogP contribution in [0.3, 0.4) is 0 Å². The minimum absolute atomic E-state index is 0.105. The maximum atomic E-state index is 11.7. The number of primary amides is 1. The van der Waals surface area contributed by atoms with Gasteiger partial charge in [0.15, 0.2) is 0 Å². The first-order chi connectivity index (χ1) is 7.51. The van der Waals surface area contributed by atoms with Gasteiger partial charge in [-0.25, -0.2) is 4.79 Å². The Morgan fingerprint density at radius 3 is 2.38 bits per heavy atom. The highest BCUT2D eigenvalue weighted by molar-refractivity contribution is 5.86. The first-order valence-electron chi connectivity index (χ1n) is 5.57. The number of carbonyl (C=O) groups excluding carboxylic acids is 2. The smallest absolute Gasteiger partial charge is 0.312 e. The number of hydrogen-bond acceptors (Lipinski definition) is 3. The van der Waals surface area contributed by atoms with Crippen LogP contribution in [0.15, 0.2) is 0 Å². The summed E-state index contributed by atoms with van der Waals surface area (Å²) in [6.07, 6.45) is 2.40. The van der Waals surface area contributed by atoms with E-state index in [-0.39, 0.29) is 11.9 Å². The number of rotatable bonds is 7. The molecule has 16 heavy (non-hydrogen) atoms. The summed E-state index contributed by atoms with van der Waals surface area (Å²) in [6, 6.07) is -1.35. The Morgan fingerprint density at radius 2 is 1.94 bits per heavy atom. The average Bonchev–Trinajstić information content (AvgIpc) is 2.23. The molecule has 0 fully saturated rings. The van der Waals surface area contributed by atoms with Gasteiger partial charge in [0.25, 0.3) is 0 Å². The highest BCUT2D eigenvalue weighted by Crippen LogP contribution is 2.01. The van der Waals surface area contributed by atoms with Crippen LogP contribution in [-0.2, 0) is 4.79 Å². The third kappa shape index (κ3) is 6.23. The summed E-state index contributed by atoms with van der Waals surface area (Å²) < 4.78 is 0. The molecule has 0 rings (SSSR count). The largest absolute Gasteiger partial charge is 0.352 e. The SMILES string of the molecule is CCCCC(NC(N)=O)C(=O)N[C@@H](C)CN. The molecule has 0 aliphatic rings. The number of nitrogens with two attached hydrogens (primary N) is 2. The van der Waals surface area contributed by atoms with Gasteiger partial charge >= 0.3 is 6.03 Å². The van der Waals surface area contributed by atoms with E-state index in [1.54, 1.807) is 6.92 Å². The molecule has 0 radical (unpaired) electrons. The second-order valence-corrected chi connectivity index (χ2v) is 3.85. The monoisotopic (exact) mass is 230 g/mol. The predicted molar refractivity (Wildman–Crippen MR) is 62.7 cm³/mol. The van der Waals surface area contributed by atoms with Crippen molar-refractivity contribution < 1.29 is 9.59 Å². The number of hydrogen-bond donors (Lipinski definition) is 4. The molecule has 0 saturated heterocycles. The molecule has 0 aromatic rings. The highest BCUT2D eigenvalue weighted by Gasteiger charge is 2.19. The molecule has 0 spiro atoms. The van der Waals surface area contributed by atoms with Crippen molar-refractivity contribution in [2.45, 2.75) is 45.2 Å². The Kier molecular flexibility index (Phi) is 7.28. The van der Waals surface area contributed by atoms with Gasteiger partial charge in [0.05, 0.1) is 0 Å². The maximum absolute atomic E-state index is 11.7. The topological polar surface area (TPSA) is 110 Å². The standard InChI is InChI=1S/C10H22N4O2/c1-3-4-5-8(14-10(12)16)9(15)13-7(2)6-11/h7-8H,3-6,11H2,1-2H3,(H,13,15)(H3,12,14,16)/t7-,8?/m0/s1. The number of nitrogens with one attached hydrogen (secondary N) is 2. The van der Waals surface area contributed by atoms with Gasteiger partial charge in [-0.15, -0.1) is 0 Å². The van der Waals surface area contributed by atoms with Crippen LogP contribution in [0.2, 0.25) is 0 Å². The molecule has 2 atom stereocenters. The van der Waals surface area contributed by atoms with Crippen LogP contribution >= 0.6 is 0 Å². The zero-order valence-electron chi connectivity index (χ0n) is 9.95. The molecular formula is C10H22N4O2. The van der Waals surface area contributed by atoms with E-state index in [2.05, 4.69) is 10.6 Å². The molecule has 0 aromatic heterocycles. The molecule has 0 saturated carbocycles. The van der Waals surface area contributed by atoms with E-state index in [0.29, 0.717) is 13.0 Å². The minimum atomic E-state index is -0.684. The average molecular weight is 230 g/mol. The fourth-order valence-electron chi connectivity index (χ4n) is 1.25. The summed E-state index contributed by atoms with van der Waals surface area (Å²) in [7, 11) is 0. The van der Waals surface area contributed by atoms with Gasteiger partial charge < -0.3 is 22.1 Å².